The highest BCUT2D eigenvalue weighted by Gasteiger charge is 2.49. The second kappa shape index (κ2) is 3.89. The summed E-state index contributed by atoms with van der Waals surface area (Å²) >= 11 is 0. The third-order valence-corrected chi connectivity index (χ3v) is 2.97. The van der Waals surface area contributed by atoms with Crippen LogP contribution in [0.15, 0.2) is 16.5 Å². The molecule has 0 unspecified atom stereocenters. The fourth-order valence-electron chi connectivity index (χ4n) is 1.93. The summed E-state index contributed by atoms with van der Waals surface area (Å²) in [7, 11) is 1.23. The molecule has 0 aliphatic heterocycles. The Morgan fingerprint density at radius 1 is 1.47 bits per heavy atom. The molecule has 1 aromatic heterocycles. The Morgan fingerprint density at radius 2 is 2.12 bits per heavy atom. The van der Waals surface area contributed by atoms with E-state index in [4.69, 9.17) is 9.52 Å². The first-order chi connectivity index (χ1) is 7.96. The first-order valence-electron chi connectivity index (χ1n) is 5.10. The predicted octanol–water partition coefficient (Wildman–Crippen LogP) is 0.748. The molecule has 6 heteroatoms. The van der Waals surface area contributed by atoms with Crippen LogP contribution in [0.1, 0.15) is 29.2 Å². The molecule has 92 valence electrons. The minimum absolute atomic E-state index is 0.00491. The standard InChI is InChI=1S/C11H12O6/c1-16-10(14)7-2-3-8(17-7)11(15)4-6(5-11)9(12)13/h2-3,6,15H,4-5H2,1H3,(H,12,13). The lowest BCUT2D eigenvalue weighted by atomic mass is 9.69. The zero-order valence-electron chi connectivity index (χ0n) is 9.17. The van der Waals surface area contributed by atoms with Crippen molar-refractivity contribution in [3.63, 3.8) is 0 Å². The molecule has 0 atom stereocenters. The maximum Gasteiger partial charge on any atom is 0.373 e. The van der Waals surface area contributed by atoms with Crippen LogP contribution in [-0.2, 0) is 15.1 Å². The summed E-state index contributed by atoms with van der Waals surface area (Å²) < 4.78 is 9.62. The van der Waals surface area contributed by atoms with Gasteiger partial charge < -0.3 is 19.4 Å². The smallest absolute Gasteiger partial charge is 0.373 e. The number of hydrogen-bond donors (Lipinski definition) is 2. The molecule has 2 N–H and O–H groups in total. The molecular formula is C11H12O6. The van der Waals surface area contributed by atoms with Gasteiger partial charge in [0.05, 0.1) is 13.0 Å². The van der Waals surface area contributed by atoms with Crippen molar-refractivity contribution in [3.05, 3.63) is 23.7 Å². The molecule has 0 bridgehead atoms. The fourth-order valence-corrected chi connectivity index (χ4v) is 1.93. The fraction of sp³-hybridized carbons (Fsp3) is 0.455. The molecule has 0 aromatic carbocycles. The molecule has 1 fully saturated rings. The number of aliphatic carboxylic acids is 1. The van der Waals surface area contributed by atoms with Crippen LogP contribution in [0.25, 0.3) is 0 Å². The highest BCUT2D eigenvalue weighted by atomic mass is 16.5. The highest BCUT2D eigenvalue weighted by molar-refractivity contribution is 5.86. The molecule has 0 saturated heterocycles. The molecule has 0 amide bonds. The van der Waals surface area contributed by atoms with Crippen LogP contribution in [0.2, 0.25) is 0 Å². The maximum absolute atomic E-state index is 11.1. The molecule has 6 nitrogen and oxygen atoms in total. The van der Waals surface area contributed by atoms with Gasteiger partial charge in [0.25, 0.3) is 0 Å². The van der Waals surface area contributed by atoms with Crippen LogP contribution in [0.4, 0.5) is 0 Å². The van der Waals surface area contributed by atoms with Crippen LogP contribution >= 0.6 is 0 Å². The molecule has 17 heavy (non-hydrogen) atoms. The molecule has 1 aliphatic carbocycles. The Balaban J connectivity index is 2.11. The first-order valence-corrected chi connectivity index (χ1v) is 5.10. The Bertz CT molecular complexity index is 454. The molecule has 2 rings (SSSR count). The van der Waals surface area contributed by atoms with Gasteiger partial charge in [0.2, 0.25) is 5.76 Å². The third-order valence-electron chi connectivity index (χ3n) is 2.97. The number of hydrogen-bond acceptors (Lipinski definition) is 5. The molecule has 1 saturated carbocycles. The van der Waals surface area contributed by atoms with Gasteiger partial charge in [0, 0.05) is 0 Å². The maximum atomic E-state index is 11.1. The van der Waals surface area contributed by atoms with E-state index < -0.39 is 23.5 Å². The van der Waals surface area contributed by atoms with Crippen LogP contribution in [-0.4, -0.2) is 29.3 Å². The second-order valence-corrected chi connectivity index (χ2v) is 4.13. The van der Waals surface area contributed by atoms with Gasteiger partial charge in [0.1, 0.15) is 11.4 Å². The van der Waals surface area contributed by atoms with Crippen LogP contribution in [0, 0.1) is 5.92 Å². The number of aliphatic hydroxyl groups is 1. The van der Waals surface area contributed by atoms with E-state index in [0.717, 1.165) is 0 Å². The lowest BCUT2D eigenvalue weighted by Gasteiger charge is -2.39. The summed E-state index contributed by atoms with van der Waals surface area (Å²) in [6.07, 6.45) is 0.187. The Labute approximate surface area is 96.8 Å². The van der Waals surface area contributed by atoms with E-state index in [1.807, 2.05) is 0 Å². The van der Waals surface area contributed by atoms with Crippen molar-refractivity contribution in [2.75, 3.05) is 7.11 Å². The van der Waals surface area contributed by atoms with Crippen molar-refractivity contribution in [1.29, 1.82) is 0 Å². The largest absolute Gasteiger partial charge is 0.481 e. The van der Waals surface area contributed by atoms with E-state index in [2.05, 4.69) is 4.74 Å². The molecule has 0 spiro atoms. The van der Waals surface area contributed by atoms with Gasteiger partial charge in [-0.15, -0.1) is 0 Å². The van der Waals surface area contributed by atoms with Crippen LogP contribution in [0.3, 0.4) is 0 Å². The average Bonchev–Trinajstić information content (AvgIpc) is 2.72. The van der Waals surface area contributed by atoms with Crippen molar-refractivity contribution in [2.45, 2.75) is 18.4 Å². The van der Waals surface area contributed by atoms with Gasteiger partial charge >= 0.3 is 11.9 Å². The SMILES string of the molecule is COC(=O)c1ccc(C2(O)CC(C(=O)O)C2)o1. The van der Waals surface area contributed by atoms with E-state index in [1.54, 1.807) is 0 Å². The highest BCUT2D eigenvalue weighted by Crippen LogP contribution is 2.46. The number of furan rings is 1. The minimum atomic E-state index is -1.28. The van der Waals surface area contributed by atoms with Crippen molar-refractivity contribution < 1.29 is 29.0 Å². The van der Waals surface area contributed by atoms with E-state index >= 15 is 0 Å². The Morgan fingerprint density at radius 3 is 2.65 bits per heavy atom. The molecule has 1 aliphatic rings. The van der Waals surface area contributed by atoms with E-state index in [1.165, 1.54) is 19.2 Å². The number of rotatable bonds is 3. The zero-order valence-corrected chi connectivity index (χ0v) is 9.17. The summed E-state index contributed by atoms with van der Waals surface area (Å²) in [6.45, 7) is 0. The van der Waals surface area contributed by atoms with E-state index in [0.29, 0.717) is 0 Å². The quantitative estimate of drug-likeness (QED) is 0.756. The zero-order chi connectivity index (χ0) is 12.6. The predicted molar refractivity (Wildman–Crippen MR) is 54.3 cm³/mol. The lowest BCUT2D eigenvalue weighted by molar-refractivity contribution is -0.162. The average molecular weight is 240 g/mol. The minimum Gasteiger partial charge on any atom is -0.481 e. The van der Waals surface area contributed by atoms with Gasteiger partial charge in [-0.1, -0.05) is 0 Å². The molecule has 1 aromatic rings. The van der Waals surface area contributed by atoms with Crippen molar-refractivity contribution in [3.8, 4) is 0 Å². The summed E-state index contributed by atoms with van der Waals surface area (Å²) in [6, 6.07) is 2.86. The summed E-state index contributed by atoms with van der Waals surface area (Å²) in [5.41, 5.74) is -1.28. The number of carbonyl (C=O) groups is 2. The third kappa shape index (κ3) is 1.91. The number of carboxylic acid groups (broad SMARTS) is 1. The molecular weight excluding hydrogens is 228 g/mol. The first kappa shape index (κ1) is 11.7. The summed E-state index contributed by atoms with van der Waals surface area (Å²) in [5.74, 6) is -1.93. The Kier molecular flexibility index (Phi) is 2.66. The van der Waals surface area contributed by atoms with Crippen LogP contribution < -0.4 is 0 Å². The van der Waals surface area contributed by atoms with Gasteiger partial charge in [-0.05, 0) is 25.0 Å². The van der Waals surface area contributed by atoms with E-state index in [9.17, 15) is 14.7 Å². The number of ether oxygens (including phenoxy) is 1. The lowest BCUT2D eigenvalue weighted by Crippen LogP contribution is -2.44. The summed E-state index contributed by atoms with van der Waals surface area (Å²) in [5, 5.41) is 18.8. The van der Waals surface area contributed by atoms with Gasteiger partial charge in [-0.25, -0.2) is 4.79 Å². The second-order valence-electron chi connectivity index (χ2n) is 4.13. The van der Waals surface area contributed by atoms with Crippen molar-refractivity contribution in [1.82, 2.24) is 0 Å². The number of methoxy groups -OCH3 is 1. The molecule has 1 heterocycles. The van der Waals surface area contributed by atoms with Crippen molar-refractivity contribution >= 4 is 11.9 Å². The number of carboxylic acids is 1. The summed E-state index contributed by atoms with van der Waals surface area (Å²) in [4.78, 5) is 21.8. The number of esters is 1. The molecule has 0 radical (unpaired) electrons. The normalized spacial score (nSPS) is 27.3. The monoisotopic (exact) mass is 240 g/mol. The Hall–Kier alpha value is -1.82. The van der Waals surface area contributed by atoms with Crippen molar-refractivity contribution in [2.24, 2.45) is 5.92 Å². The topological polar surface area (TPSA) is 97.0 Å². The van der Waals surface area contributed by atoms with Gasteiger partial charge in [-0.3, -0.25) is 4.79 Å². The van der Waals surface area contributed by atoms with Crippen LogP contribution in [0.5, 0.6) is 0 Å². The van der Waals surface area contributed by atoms with Gasteiger partial charge in [-0.2, -0.15) is 0 Å². The number of carbonyl (C=O) groups excluding carboxylic acids is 1. The van der Waals surface area contributed by atoms with Gasteiger partial charge in [0.15, 0.2) is 0 Å². The van der Waals surface area contributed by atoms with E-state index in [-0.39, 0.29) is 24.4 Å².